The molecule has 1 aromatic heterocycles. The van der Waals surface area contributed by atoms with E-state index in [9.17, 15) is 4.79 Å². The largest absolute Gasteiger partial charge is 0.325 e. The second kappa shape index (κ2) is 7.65. The molecule has 1 heterocycles. The highest BCUT2D eigenvalue weighted by molar-refractivity contribution is 7.10. The van der Waals surface area contributed by atoms with Gasteiger partial charge in [-0.3, -0.25) is 4.79 Å². The molecule has 19 heavy (non-hydrogen) atoms. The lowest BCUT2D eigenvalue weighted by atomic mass is 9.85. The van der Waals surface area contributed by atoms with Gasteiger partial charge in [0.15, 0.2) is 0 Å². The number of thiophene rings is 1. The Labute approximate surface area is 120 Å². The van der Waals surface area contributed by atoms with Gasteiger partial charge in [-0.15, -0.1) is 11.3 Å². The van der Waals surface area contributed by atoms with Gasteiger partial charge >= 0.3 is 0 Å². The van der Waals surface area contributed by atoms with E-state index in [1.54, 1.807) is 18.3 Å². The van der Waals surface area contributed by atoms with E-state index in [-0.39, 0.29) is 5.91 Å². The Morgan fingerprint density at radius 3 is 2.42 bits per heavy atom. The van der Waals surface area contributed by atoms with Crippen LogP contribution in [-0.4, -0.2) is 12.5 Å². The fourth-order valence-corrected chi connectivity index (χ4v) is 3.17. The summed E-state index contributed by atoms with van der Waals surface area (Å²) in [6.45, 7) is 12.5. The zero-order chi connectivity index (χ0) is 14.4. The normalized spacial score (nSPS) is 11.6. The van der Waals surface area contributed by atoms with Crippen LogP contribution in [0, 0.1) is 17.8 Å². The second-order valence-electron chi connectivity index (χ2n) is 5.72. The number of nitrogens with one attached hydrogen (secondary N) is 2. The van der Waals surface area contributed by atoms with Crippen LogP contribution in [0.25, 0.3) is 0 Å². The molecule has 0 aliphatic heterocycles. The smallest absolute Gasteiger partial charge is 0.221 e. The van der Waals surface area contributed by atoms with Crippen LogP contribution in [0.5, 0.6) is 0 Å². The van der Waals surface area contributed by atoms with E-state index in [0.717, 1.165) is 18.8 Å². The summed E-state index contributed by atoms with van der Waals surface area (Å²) in [5.74, 6) is 2.04. The fraction of sp³-hybridized carbons (Fsp3) is 0.667. The van der Waals surface area contributed by atoms with Gasteiger partial charge in [-0.2, -0.15) is 0 Å². The summed E-state index contributed by atoms with van der Waals surface area (Å²) in [4.78, 5) is 12.3. The minimum absolute atomic E-state index is 0.0121. The standard InChI is InChI=1S/C15H26N2OS/c1-10(2)13(11(3)4)8-16-9-15-14(6-7-19-15)17-12(5)18/h6-7,10-11,13,16H,8-9H2,1-5H3,(H,17,18). The number of carbonyl (C=O) groups excluding carboxylic acids is 1. The lowest BCUT2D eigenvalue weighted by Gasteiger charge is -2.25. The van der Waals surface area contributed by atoms with E-state index in [1.165, 1.54) is 4.88 Å². The minimum atomic E-state index is -0.0121. The summed E-state index contributed by atoms with van der Waals surface area (Å²) in [6.07, 6.45) is 0. The highest BCUT2D eigenvalue weighted by Gasteiger charge is 2.17. The van der Waals surface area contributed by atoms with Gasteiger partial charge in [-0.25, -0.2) is 0 Å². The molecule has 0 aromatic carbocycles. The first-order valence-electron chi connectivity index (χ1n) is 6.96. The summed E-state index contributed by atoms with van der Waals surface area (Å²) < 4.78 is 0. The molecule has 0 atom stereocenters. The monoisotopic (exact) mass is 282 g/mol. The van der Waals surface area contributed by atoms with Gasteiger partial charge in [0, 0.05) is 18.3 Å². The maximum atomic E-state index is 11.1. The van der Waals surface area contributed by atoms with E-state index < -0.39 is 0 Å². The van der Waals surface area contributed by atoms with Crippen LogP contribution < -0.4 is 10.6 Å². The molecule has 0 saturated carbocycles. The van der Waals surface area contributed by atoms with Crippen LogP contribution in [0.1, 0.15) is 39.5 Å². The molecule has 108 valence electrons. The van der Waals surface area contributed by atoms with Crippen molar-refractivity contribution in [2.45, 2.75) is 41.2 Å². The number of hydrogen-bond donors (Lipinski definition) is 2. The van der Waals surface area contributed by atoms with Crippen LogP contribution in [0.4, 0.5) is 5.69 Å². The Morgan fingerprint density at radius 1 is 1.26 bits per heavy atom. The van der Waals surface area contributed by atoms with Gasteiger partial charge in [0.1, 0.15) is 0 Å². The average molecular weight is 282 g/mol. The van der Waals surface area contributed by atoms with Crippen molar-refractivity contribution in [1.82, 2.24) is 5.32 Å². The number of carbonyl (C=O) groups is 1. The molecule has 3 nitrogen and oxygen atoms in total. The van der Waals surface area contributed by atoms with Gasteiger partial charge in [0.05, 0.1) is 5.69 Å². The lowest BCUT2D eigenvalue weighted by molar-refractivity contribution is -0.114. The summed E-state index contributed by atoms with van der Waals surface area (Å²) in [5, 5.41) is 8.41. The quantitative estimate of drug-likeness (QED) is 0.800. The first-order chi connectivity index (χ1) is 8.91. The summed E-state index contributed by atoms with van der Waals surface area (Å²) >= 11 is 1.68. The predicted octanol–water partition coefficient (Wildman–Crippen LogP) is 3.72. The molecular formula is C15H26N2OS. The molecule has 1 rings (SSSR count). The lowest BCUT2D eigenvalue weighted by Crippen LogP contribution is -2.29. The van der Waals surface area contributed by atoms with Gasteiger partial charge in [0.25, 0.3) is 0 Å². The molecule has 0 spiro atoms. The summed E-state index contributed by atoms with van der Waals surface area (Å²) in [5.41, 5.74) is 0.940. The molecule has 2 N–H and O–H groups in total. The molecule has 4 heteroatoms. The molecule has 0 unspecified atom stereocenters. The number of rotatable bonds is 7. The van der Waals surface area contributed by atoms with Gasteiger partial charge in [-0.05, 0) is 35.7 Å². The van der Waals surface area contributed by atoms with Crippen LogP contribution >= 0.6 is 11.3 Å². The Balaban J connectivity index is 2.48. The van der Waals surface area contributed by atoms with Crippen LogP contribution in [0.2, 0.25) is 0 Å². The first kappa shape index (κ1) is 16.2. The number of amides is 1. The summed E-state index contributed by atoms with van der Waals surface area (Å²) in [6, 6.07) is 1.96. The first-order valence-corrected chi connectivity index (χ1v) is 7.84. The van der Waals surface area contributed by atoms with Crippen LogP contribution in [0.15, 0.2) is 11.4 Å². The van der Waals surface area contributed by atoms with Crippen molar-refractivity contribution < 1.29 is 4.79 Å². The van der Waals surface area contributed by atoms with Crippen molar-refractivity contribution in [3.8, 4) is 0 Å². The fourth-order valence-electron chi connectivity index (χ4n) is 2.37. The highest BCUT2D eigenvalue weighted by atomic mass is 32.1. The minimum Gasteiger partial charge on any atom is -0.325 e. The van der Waals surface area contributed by atoms with Crippen molar-refractivity contribution in [3.63, 3.8) is 0 Å². The van der Waals surface area contributed by atoms with Crippen molar-refractivity contribution in [1.29, 1.82) is 0 Å². The van der Waals surface area contributed by atoms with Gasteiger partial charge in [0.2, 0.25) is 5.91 Å². The topological polar surface area (TPSA) is 41.1 Å². The van der Waals surface area contributed by atoms with Gasteiger partial charge < -0.3 is 10.6 Å². The SMILES string of the molecule is CC(=O)Nc1ccsc1CNCC(C(C)C)C(C)C. The number of anilines is 1. The van der Waals surface area contributed by atoms with Crippen LogP contribution in [0.3, 0.4) is 0 Å². The molecule has 0 bridgehead atoms. The Hall–Kier alpha value is -0.870. The average Bonchev–Trinajstić information content (AvgIpc) is 2.70. The molecular weight excluding hydrogens is 256 g/mol. The molecule has 1 amide bonds. The van der Waals surface area contributed by atoms with E-state index >= 15 is 0 Å². The summed E-state index contributed by atoms with van der Waals surface area (Å²) in [7, 11) is 0. The molecule has 0 fully saturated rings. The van der Waals surface area contributed by atoms with Crippen molar-refractivity contribution in [2.75, 3.05) is 11.9 Å². The third-order valence-corrected chi connectivity index (χ3v) is 4.36. The van der Waals surface area contributed by atoms with Crippen molar-refractivity contribution in [2.24, 2.45) is 17.8 Å². The third kappa shape index (κ3) is 5.33. The molecule has 1 aromatic rings. The maximum Gasteiger partial charge on any atom is 0.221 e. The Kier molecular flexibility index (Phi) is 6.52. The van der Waals surface area contributed by atoms with E-state index in [2.05, 4.69) is 38.3 Å². The molecule has 0 aliphatic rings. The number of hydrogen-bond acceptors (Lipinski definition) is 3. The molecule has 0 radical (unpaired) electrons. The van der Waals surface area contributed by atoms with Crippen LogP contribution in [-0.2, 0) is 11.3 Å². The third-order valence-electron chi connectivity index (χ3n) is 3.43. The van der Waals surface area contributed by atoms with Gasteiger partial charge in [-0.1, -0.05) is 27.7 Å². The zero-order valence-electron chi connectivity index (χ0n) is 12.6. The van der Waals surface area contributed by atoms with E-state index in [4.69, 9.17) is 0 Å². The van der Waals surface area contributed by atoms with Crippen molar-refractivity contribution in [3.05, 3.63) is 16.3 Å². The molecule has 0 saturated heterocycles. The zero-order valence-corrected chi connectivity index (χ0v) is 13.4. The highest BCUT2D eigenvalue weighted by Crippen LogP contribution is 2.23. The maximum absolute atomic E-state index is 11.1. The second-order valence-corrected chi connectivity index (χ2v) is 6.72. The Bertz CT molecular complexity index is 391. The predicted molar refractivity (Wildman–Crippen MR) is 83.5 cm³/mol. The van der Waals surface area contributed by atoms with Crippen molar-refractivity contribution >= 4 is 22.9 Å². The molecule has 0 aliphatic carbocycles. The Morgan fingerprint density at radius 2 is 1.89 bits per heavy atom. The van der Waals surface area contributed by atoms with E-state index in [1.807, 2.05) is 11.4 Å². The van der Waals surface area contributed by atoms with E-state index in [0.29, 0.717) is 17.8 Å².